The van der Waals surface area contributed by atoms with Gasteiger partial charge in [0.1, 0.15) is 0 Å². The molecule has 0 bridgehead atoms. The van der Waals surface area contributed by atoms with Crippen molar-refractivity contribution < 1.29 is 8.94 Å². The summed E-state index contributed by atoms with van der Waals surface area (Å²) in [5, 5.41) is 7.53. The molecule has 1 fully saturated rings. The Labute approximate surface area is 109 Å². The maximum Gasteiger partial charge on any atom is 0.262 e. The van der Waals surface area contributed by atoms with E-state index in [0.29, 0.717) is 23.8 Å². The summed E-state index contributed by atoms with van der Waals surface area (Å²) in [5.41, 5.74) is 0.635. The average molecular weight is 269 g/mol. The highest BCUT2D eigenvalue weighted by atomic mass is 35.5. The third-order valence-corrected chi connectivity index (χ3v) is 3.18. The third-order valence-electron chi connectivity index (χ3n) is 2.89. The molecule has 0 radical (unpaired) electrons. The molecule has 1 aliphatic rings. The average Bonchev–Trinajstić information content (AvgIpc) is 2.99. The molecule has 0 unspecified atom stereocenters. The Kier molecular flexibility index (Phi) is 3.31. The Morgan fingerprint density at radius 2 is 2.22 bits per heavy atom. The first-order valence-electron chi connectivity index (χ1n) is 5.82. The van der Waals surface area contributed by atoms with Crippen LogP contribution in [0.4, 0.5) is 0 Å². The summed E-state index contributed by atoms with van der Waals surface area (Å²) in [4.78, 5) is 6.60. The topological polar surface area (TPSA) is 67.3 Å². The minimum Gasteiger partial charge on any atom is -0.452 e. The van der Waals surface area contributed by atoms with Gasteiger partial charge in [0.2, 0.25) is 5.22 Å². The Balaban J connectivity index is 1.71. The Hall–Kier alpha value is -1.37. The molecule has 18 heavy (non-hydrogen) atoms. The molecule has 1 saturated heterocycles. The van der Waals surface area contributed by atoms with E-state index in [0.717, 1.165) is 26.2 Å². The van der Waals surface area contributed by atoms with Gasteiger partial charge in [-0.1, -0.05) is 5.16 Å². The number of aromatic nitrogens is 2. The lowest BCUT2D eigenvalue weighted by Gasteiger charge is -2.25. The maximum absolute atomic E-state index is 5.86. The molecule has 0 aliphatic carbocycles. The molecule has 0 aromatic carbocycles. The second-order valence-corrected chi connectivity index (χ2v) is 4.49. The SMILES string of the molecule is Clc1occc1-c1nc(CN2CCNCC2)no1. The minimum absolute atomic E-state index is 0.271. The number of piperazine rings is 1. The summed E-state index contributed by atoms with van der Waals surface area (Å²) in [6.07, 6.45) is 1.50. The summed E-state index contributed by atoms with van der Waals surface area (Å²) in [6.45, 7) is 4.68. The van der Waals surface area contributed by atoms with Crippen LogP contribution >= 0.6 is 11.6 Å². The summed E-state index contributed by atoms with van der Waals surface area (Å²) in [6, 6.07) is 1.71. The van der Waals surface area contributed by atoms with Crippen LogP contribution < -0.4 is 5.32 Å². The molecule has 1 aliphatic heterocycles. The van der Waals surface area contributed by atoms with Gasteiger partial charge in [0.05, 0.1) is 18.4 Å². The van der Waals surface area contributed by atoms with Crippen LogP contribution in [0.1, 0.15) is 5.82 Å². The molecule has 0 atom stereocenters. The predicted octanol–water partition coefficient (Wildman–Crippen LogP) is 1.39. The van der Waals surface area contributed by atoms with E-state index in [1.165, 1.54) is 6.26 Å². The highest BCUT2D eigenvalue weighted by Crippen LogP contribution is 2.27. The fourth-order valence-corrected chi connectivity index (χ4v) is 2.14. The zero-order chi connectivity index (χ0) is 12.4. The molecular formula is C11H13ClN4O2. The van der Waals surface area contributed by atoms with Crippen molar-refractivity contribution in [3.8, 4) is 11.5 Å². The molecule has 3 heterocycles. The Morgan fingerprint density at radius 1 is 1.39 bits per heavy atom. The van der Waals surface area contributed by atoms with Crippen molar-refractivity contribution in [2.75, 3.05) is 26.2 Å². The number of halogens is 1. The Bertz CT molecular complexity index is 519. The number of hydrogen-bond acceptors (Lipinski definition) is 6. The normalized spacial score (nSPS) is 17.2. The van der Waals surface area contributed by atoms with Crippen molar-refractivity contribution in [1.29, 1.82) is 0 Å². The van der Waals surface area contributed by atoms with Crippen molar-refractivity contribution in [3.05, 3.63) is 23.4 Å². The van der Waals surface area contributed by atoms with Crippen LogP contribution in [0.15, 0.2) is 21.3 Å². The van der Waals surface area contributed by atoms with Gasteiger partial charge in [-0.2, -0.15) is 4.98 Å². The largest absolute Gasteiger partial charge is 0.452 e. The standard InChI is InChI=1S/C11H13ClN4O2/c12-10-8(1-6-17-10)11-14-9(15-18-11)7-16-4-2-13-3-5-16/h1,6,13H,2-5,7H2. The molecule has 0 amide bonds. The van der Waals surface area contributed by atoms with E-state index in [1.54, 1.807) is 6.07 Å². The monoisotopic (exact) mass is 268 g/mol. The Morgan fingerprint density at radius 3 is 2.94 bits per heavy atom. The van der Waals surface area contributed by atoms with Gasteiger partial charge in [-0.3, -0.25) is 4.90 Å². The van der Waals surface area contributed by atoms with Crippen molar-refractivity contribution in [2.45, 2.75) is 6.54 Å². The fraction of sp³-hybridized carbons (Fsp3) is 0.455. The number of hydrogen-bond donors (Lipinski definition) is 1. The van der Waals surface area contributed by atoms with Gasteiger partial charge in [-0.25, -0.2) is 0 Å². The van der Waals surface area contributed by atoms with Crippen LogP contribution in [0.2, 0.25) is 5.22 Å². The molecule has 0 spiro atoms. The highest BCUT2D eigenvalue weighted by Gasteiger charge is 2.17. The number of furan rings is 1. The maximum atomic E-state index is 5.86. The molecule has 1 N–H and O–H groups in total. The predicted molar refractivity (Wildman–Crippen MR) is 65.2 cm³/mol. The zero-order valence-electron chi connectivity index (χ0n) is 9.73. The zero-order valence-corrected chi connectivity index (χ0v) is 10.5. The van der Waals surface area contributed by atoms with Crippen molar-refractivity contribution in [1.82, 2.24) is 20.4 Å². The van der Waals surface area contributed by atoms with E-state index in [4.69, 9.17) is 20.5 Å². The lowest BCUT2D eigenvalue weighted by molar-refractivity contribution is 0.225. The van der Waals surface area contributed by atoms with Gasteiger partial charge in [-0.15, -0.1) is 0 Å². The van der Waals surface area contributed by atoms with E-state index in [2.05, 4.69) is 20.4 Å². The molecule has 6 nitrogen and oxygen atoms in total. The summed E-state index contributed by atoms with van der Waals surface area (Å²) in [5.74, 6) is 1.07. The van der Waals surface area contributed by atoms with E-state index < -0.39 is 0 Å². The second-order valence-electron chi connectivity index (χ2n) is 4.15. The van der Waals surface area contributed by atoms with Crippen molar-refractivity contribution in [2.24, 2.45) is 0 Å². The van der Waals surface area contributed by atoms with Crippen LogP contribution in [0.5, 0.6) is 0 Å². The molecule has 2 aromatic rings. The molecule has 7 heteroatoms. The first-order valence-corrected chi connectivity index (χ1v) is 6.20. The van der Waals surface area contributed by atoms with Crippen LogP contribution in [0, 0.1) is 0 Å². The number of nitrogens with one attached hydrogen (secondary N) is 1. The lowest BCUT2D eigenvalue weighted by Crippen LogP contribution is -2.43. The summed E-state index contributed by atoms with van der Waals surface area (Å²) < 4.78 is 10.2. The van der Waals surface area contributed by atoms with Gasteiger partial charge in [0, 0.05) is 26.2 Å². The van der Waals surface area contributed by atoms with Gasteiger partial charge in [0.15, 0.2) is 5.82 Å². The van der Waals surface area contributed by atoms with Crippen LogP contribution in [0.25, 0.3) is 11.5 Å². The third kappa shape index (κ3) is 2.40. The van der Waals surface area contributed by atoms with Crippen LogP contribution in [-0.4, -0.2) is 41.2 Å². The molecule has 2 aromatic heterocycles. The second kappa shape index (κ2) is 5.09. The van der Waals surface area contributed by atoms with Crippen LogP contribution in [0.3, 0.4) is 0 Å². The smallest absolute Gasteiger partial charge is 0.262 e. The van der Waals surface area contributed by atoms with Crippen molar-refractivity contribution >= 4 is 11.6 Å². The fourth-order valence-electron chi connectivity index (χ4n) is 1.94. The first kappa shape index (κ1) is 11.7. The van der Waals surface area contributed by atoms with Gasteiger partial charge >= 0.3 is 0 Å². The van der Waals surface area contributed by atoms with Crippen molar-refractivity contribution in [3.63, 3.8) is 0 Å². The first-order chi connectivity index (χ1) is 8.83. The highest BCUT2D eigenvalue weighted by molar-refractivity contribution is 6.31. The minimum atomic E-state index is 0.271. The van der Waals surface area contributed by atoms with Crippen LogP contribution in [-0.2, 0) is 6.54 Å². The quantitative estimate of drug-likeness (QED) is 0.907. The van der Waals surface area contributed by atoms with E-state index >= 15 is 0 Å². The summed E-state index contributed by atoms with van der Waals surface area (Å²) in [7, 11) is 0. The lowest BCUT2D eigenvalue weighted by atomic mass is 10.3. The van der Waals surface area contributed by atoms with Gasteiger partial charge in [0.25, 0.3) is 5.89 Å². The van der Waals surface area contributed by atoms with E-state index in [-0.39, 0.29) is 5.22 Å². The number of rotatable bonds is 3. The molecule has 96 valence electrons. The van der Waals surface area contributed by atoms with Gasteiger partial charge in [-0.05, 0) is 17.7 Å². The van der Waals surface area contributed by atoms with E-state index in [1.807, 2.05) is 0 Å². The number of nitrogens with zero attached hydrogens (tertiary/aromatic N) is 3. The van der Waals surface area contributed by atoms with E-state index in [9.17, 15) is 0 Å². The summed E-state index contributed by atoms with van der Waals surface area (Å²) >= 11 is 5.86. The molecule has 0 saturated carbocycles. The molecular weight excluding hydrogens is 256 g/mol. The van der Waals surface area contributed by atoms with Gasteiger partial charge < -0.3 is 14.3 Å². The molecule has 3 rings (SSSR count).